The minimum atomic E-state index is -1.03. The van der Waals surface area contributed by atoms with Crippen molar-refractivity contribution < 1.29 is 52.5 Å². The normalized spacial score (nSPS) is 17.1. The van der Waals surface area contributed by atoms with Crippen molar-refractivity contribution in [3.05, 3.63) is 93.7 Å². The third-order valence-corrected chi connectivity index (χ3v) is 13.8. The molecule has 19 nitrogen and oxygen atoms in total. The highest BCUT2D eigenvalue weighted by Gasteiger charge is 2.45. The number of Topliss-reactive ketones (excluding diaryl/α,β-unsaturated/α-hetero) is 3. The number of nitrogens with one attached hydrogen (secondary N) is 4. The van der Waals surface area contributed by atoms with E-state index in [2.05, 4.69) is 25.8 Å². The molecule has 2 fully saturated rings. The van der Waals surface area contributed by atoms with Crippen molar-refractivity contribution in [2.24, 2.45) is 0 Å². The number of fused-ring (bicyclic) bond motifs is 1. The smallest absolute Gasteiger partial charge is 0.264 e. The number of imide groups is 2. The summed E-state index contributed by atoms with van der Waals surface area (Å²) in [5, 5.41) is 17.0. The Labute approximate surface area is 444 Å². The van der Waals surface area contributed by atoms with Crippen LogP contribution in [0.4, 0.5) is 17.2 Å². The van der Waals surface area contributed by atoms with Gasteiger partial charge in [0.15, 0.2) is 11.6 Å². The quantitative estimate of drug-likeness (QED) is 0.0251. The Bertz CT molecular complexity index is 2690. The molecule has 4 heterocycles. The molecule has 7 rings (SSSR count). The molecule has 2 saturated heterocycles. The number of allylic oxidation sites excluding steroid dienone is 4. The molecule has 2 aromatic carbocycles. The molecule has 4 aliphatic rings. The van der Waals surface area contributed by atoms with Crippen LogP contribution in [-0.4, -0.2) is 166 Å². The number of carbonyl (C=O) groups excluding carboxylic acids is 7. The van der Waals surface area contributed by atoms with Crippen molar-refractivity contribution in [2.75, 3.05) is 108 Å². The van der Waals surface area contributed by atoms with Crippen molar-refractivity contribution in [1.29, 1.82) is 5.41 Å². The lowest BCUT2D eigenvalue weighted by molar-refractivity contribution is -0.136. The van der Waals surface area contributed by atoms with Gasteiger partial charge in [-0.25, -0.2) is 4.98 Å². The van der Waals surface area contributed by atoms with E-state index in [0.717, 1.165) is 59.2 Å². The van der Waals surface area contributed by atoms with Gasteiger partial charge in [-0.2, -0.15) is 0 Å². The molecule has 406 valence electrons. The van der Waals surface area contributed by atoms with E-state index in [9.17, 15) is 33.6 Å². The number of rotatable bonds is 30. The third kappa shape index (κ3) is 15.2. The number of hydrogen-bond acceptors (Lipinski definition) is 17. The fourth-order valence-electron chi connectivity index (χ4n) is 9.84. The van der Waals surface area contributed by atoms with Crippen LogP contribution in [0.3, 0.4) is 0 Å². The third-order valence-electron chi connectivity index (χ3n) is 13.8. The number of aromatic nitrogens is 1. The number of anilines is 3. The van der Waals surface area contributed by atoms with Gasteiger partial charge in [0.2, 0.25) is 11.8 Å². The Morgan fingerprint density at radius 3 is 2.20 bits per heavy atom. The highest BCUT2D eigenvalue weighted by Crippen LogP contribution is 2.34. The minimum Gasteiger partial charge on any atom is -0.382 e. The number of piperazine rings is 1. The fourth-order valence-corrected chi connectivity index (χ4v) is 9.84. The zero-order valence-corrected chi connectivity index (χ0v) is 44.3. The monoisotopic (exact) mass is 1040 g/mol. The lowest BCUT2D eigenvalue weighted by atomic mass is 9.88. The van der Waals surface area contributed by atoms with Gasteiger partial charge in [-0.15, -0.1) is 0 Å². The molecular formula is C57H72N8O11. The van der Waals surface area contributed by atoms with Crippen molar-refractivity contribution in [1.82, 2.24) is 20.1 Å². The molecule has 3 aliphatic heterocycles. The maximum Gasteiger partial charge on any atom is 0.264 e. The Morgan fingerprint density at radius 1 is 0.829 bits per heavy atom. The van der Waals surface area contributed by atoms with Crippen LogP contribution >= 0.6 is 0 Å². The standard InChI is InChI=1S/C57H72N8O11/c1-37(2)61-48-34-41(33-45(46(48)35-58)50(67)13-11-43-39(4)31-38(3)32-51(43)68)40-10-14-52(60-36-40)64-21-19-63(20-22-64)18-16-42(66)7-6-23-73-25-27-75-29-30-76-28-26-74-24-17-59-47-9-5-8-44-54(47)57(72)65(56(44)71)49-12-15-53(69)62-55(49)70/h5,8-10,14,31,33-37,49,58-59,61H,6-7,11-13,15-30,32H2,1-4H3,(H,62,69,70). The summed E-state index contributed by atoms with van der Waals surface area (Å²) in [5.41, 5.74) is 6.87. The van der Waals surface area contributed by atoms with E-state index in [0.29, 0.717) is 126 Å². The maximum absolute atomic E-state index is 13.8. The molecule has 0 saturated carbocycles. The number of carbonyl (C=O) groups is 7. The van der Waals surface area contributed by atoms with Crippen molar-refractivity contribution in [3.63, 3.8) is 0 Å². The number of ether oxygens (including phenoxy) is 4. The summed E-state index contributed by atoms with van der Waals surface area (Å²) in [7, 11) is 0. The van der Waals surface area contributed by atoms with Crippen LogP contribution in [0.25, 0.3) is 11.1 Å². The second-order valence-corrected chi connectivity index (χ2v) is 19.8. The van der Waals surface area contributed by atoms with Crippen LogP contribution in [0.1, 0.15) is 116 Å². The number of ketones is 3. The Kier molecular flexibility index (Phi) is 20.9. The second-order valence-electron chi connectivity index (χ2n) is 19.8. The van der Waals surface area contributed by atoms with Crippen LogP contribution < -0.4 is 20.9 Å². The van der Waals surface area contributed by atoms with Gasteiger partial charge in [0.1, 0.15) is 17.6 Å². The molecule has 4 N–H and O–H groups in total. The molecule has 1 unspecified atom stereocenters. The van der Waals surface area contributed by atoms with Gasteiger partial charge in [-0.3, -0.25) is 48.7 Å². The van der Waals surface area contributed by atoms with Crippen molar-refractivity contribution in [2.45, 2.75) is 91.1 Å². The minimum absolute atomic E-state index is 0.0549. The van der Waals surface area contributed by atoms with E-state index in [1.165, 1.54) is 6.21 Å². The molecule has 1 aromatic heterocycles. The number of nitrogens with zero attached hydrogens (tertiary/aromatic N) is 4. The van der Waals surface area contributed by atoms with Crippen molar-refractivity contribution in [3.8, 4) is 11.1 Å². The summed E-state index contributed by atoms with van der Waals surface area (Å²) in [6.45, 7) is 15.3. The van der Waals surface area contributed by atoms with Crippen LogP contribution in [-0.2, 0) is 38.1 Å². The van der Waals surface area contributed by atoms with Gasteiger partial charge >= 0.3 is 0 Å². The molecule has 1 aliphatic carbocycles. The Morgan fingerprint density at radius 2 is 1.54 bits per heavy atom. The predicted molar refractivity (Wildman–Crippen MR) is 288 cm³/mol. The number of pyridine rings is 1. The van der Waals surface area contributed by atoms with Crippen molar-refractivity contribution >= 4 is 64.4 Å². The number of amides is 4. The van der Waals surface area contributed by atoms with E-state index < -0.39 is 29.7 Å². The van der Waals surface area contributed by atoms with E-state index in [4.69, 9.17) is 29.3 Å². The Balaban J connectivity index is 0.710. The molecule has 0 bridgehead atoms. The van der Waals surface area contributed by atoms with Gasteiger partial charge in [0.05, 0.1) is 57.4 Å². The zero-order valence-electron chi connectivity index (χ0n) is 44.3. The Hall–Kier alpha value is -6.77. The molecule has 3 aromatic rings. The van der Waals surface area contributed by atoms with Gasteiger partial charge in [-0.05, 0) is 100 Å². The summed E-state index contributed by atoms with van der Waals surface area (Å²) in [6.07, 6.45) is 7.74. The van der Waals surface area contributed by atoms with Crippen LogP contribution in [0, 0.1) is 5.41 Å². The van der Waals surface area contributed by atoms with E-state index in [-0.39, 0.29) is 53.8 Å². The lowest BCUT2D eigenvalue weighted by Crippen LogP contribution is -2.54. The van der Waals surface area contributed by atoms with Crippen LogP contribution in [0.2, 0.25) is 0 Å². The van der Waals surface area contributed by atoms with E-state index >= 15 is 0 Å². The van der Waals surface area contributed by atoms with Crippen LogP contribution in [0.15, 0.2) is 71.5 Å². The molecule has 0 radical (unpaired) electrons. The predicted octanol–water partition coefficient (Wildman–Crippen LogP) is 6.21. The molecule has 4 amide bonds. The summed E-state index contributed by atoms with van der Waals surface area (Å²) >= 11 is 0. The first-order valence-corrected chi connectivity index (χ1v) is 26.5. The number of piperidine rings is 1. The van der Waals surface area contributed by atoms with E-state index in [1.54, 1.807) is 18.2 Å². The van der Waals surface area contributed by atoms with Gasteiger partial charge in [0, 0.05) is 124 Å². The second kappa shape index (κ2) is 27.8. The van der Waals surface area contributed by atoms with Crippen LogP contribution in [0.5, 0.6) is 0 Å². The average Bonchev–Trinajstić information content (AvgIpc) is 3.67. The van der Waals surface area contributed by atoms with Gasteiger partial charge in [-0.1, -0.05) is 17.7 Å². The van der Waals surface area contributed by atoms with Gasteiger partial charge < -0.3 is 39.9 Å². The summed E-state index contributed by atoms with van der Waals surface area (Å²) in [4.78, 5) is 99.8. The molecule has 76 heavy (non-hydrogen) atoms. The SMILES string of the molecule is CC1=CC(C)=C(CCC(=O)c2cc(-c3ccc(N4CCN(CCC(=O)CCCOCCOCCOCCOCCNc5cccc6c5C(=O)N(C5CCC(=O)NC5=O)C6=O)CC4)nc3)cc(NC(C)C)c2C=N)C(=O)C1. The lowest BCUT2D eigenvalue weighted by Gasteiger charge is -2.35. The number of benzene rings is 2. The zero-order chi connectivity index (χ0) is 54.1. The largest absolute Gasteiger partial charge is 0.382 e. The highest BCUT2D eigenvalue weighted by molar-refractivity contribution is 6.25. The first-order valence-electron chi connectivity index (χ1n) is 26.5. The number of hydrogen-bond donors (Lipinski definition) is 4. The molecule has 0 spiro atoms. The topological polar surface area (TPSA) is 239 Å². The highest BCUT2D eigenvalue weighted by atomic mass is 16.6. The average molecular weight is 1050 g/mol. The molecule has 19 heteroatoms. The molecule has 1 atom stereocenters. The first kappa shape index (κ1) is 56.9. The molecular weight excluding hydrogens is 973 g/mol. The summed E-state index contributed by atoms with van der Waals surface area (Å²) in [6, 6.07) is 11.8. The fraction of sp³-hybridized carbons (Fsp3) is 0.491. The van der Waals surface area contributed by atoms with Gasteiger partial charge in [0.25, 0.3) is 11.8 Å². The summed E-state index contributed by atoms with van der Waals surface area (Å²) < 4.78 is 22.5. The van der Waals surface area contributed by atoms with E-state index in [1.807, 2.05) is 64.2 Å². The first-order chi connectivity index (χ1) is 36.7. The maximum atomic E-state index is 13.8. The summed E-state index contributed by atoms with van der Waals surface area (Å²) in [5.74, 6) is -1.17.